The van der Waals surface area contributed by atoms with Crippen LogP contribution in [0.15, 0.2) is 23.1 Å². The van der Waals surface area contributed by atoms with Crippen molar-refractivity contribution in [3.63, 3.8) is 0 Å². The lowest BCUT2D eigenvalue weighted by Crippen LogP contribution is -2.54. The summed E-state index contributed by atoms with van der Waals surface area (Å²) in [5, 5.41) is 13.8. The number of rotatable bonds is 4. The van der Waals surface area contributed by atoms with Gasteiger partial charge in [-0.3, -0.25) is 24.3 Å². The van der Waals surface area contributed by atoms with Gasteiger partial charge in [0.1, 0.15) is 6.54 Å². The molecule has 0 radical (unpaired) electrons. The average molecular weight is 371 g/mol. The summed E-state index contributed by atoms with van der Waals surface area (Å²) in [6, 6.07) is 2.55. The Labute approximate surface area is 151 Å². The second-order valence-corrected chi connectivity index (χ2v) is 6.89. The van der Waals surface area contributed by atoms with Gasteiger partial charge in [0.2, 0.25) is 5.91 Å². The van der Waals surface area contributed by atoms with E-state index in [1.54, 1.807) is 0 Å². The van der Waals surface area contributed by atoms with E-state index < -0.39 is 10.5 Å². The van der Waals surface area contributed by atoms with Crippen LogP contribution in [0.5, 0.6) is 0 Å². The predicted molar refractivity (Wildman–Crippen MR) is 94.6 cm³/mol. The van der Waals surface area contributed by atoms with Gasteiger partial charge in [-0.25, -0.2) is 0 Å². The predicted octanol–water partition coefficient (Wildman–Crippen LogP) is 1.20. The smallest absolute Gasteiger partial charge is 0.285 e. The summed E-state index contributed by atoms with van der Waals surface area (Å²) in [5.74, 6) is 0.492. The summed E-state index contributed by atoms with van der Waals surface area (Å²) < 4.78 is 1.08. The molecule has 0 saturated heterocycles. The number of hydrogen-bond acceptors (Lipinski definition) is 5. The molecule has 0 aromatic carbocycles. The van der Waals surface area contributed by atoms with Gasteiger partial charge in [0.05, 0.1) is 11.1 Å². The van der Waals surface area contributed by atoms with Crippen molar-refractivity contribution in [2.75, 3.05) is 0 Å². The zero-order chi connectivity index (χ0) is 17.3. The number of nitrogens with zero attached hydrogens (tertiary/aromatic N) is 2. The first-order valence-electron chi connectivity index (χ1n) is 8.34. The normalized spacial score (nSPS) is 27.9. The molecular formula is C16H23ClN4O4. The van der Waals surface area contributed by atoms with Crippen molar-refractivity contribution in [3.05, 3.63) is 38.8 Å². The Balaban J connectivity index is 0.00000225. The zero-order valence-electron chi connectivity index (χ0n) is 13.8. The number of nitrogens with one attached hydrogen (secondary N) is 1. The molecule has 138 valence electrons. The van der Waals surface area contributed by atoms with Crippen LogP contribution in [-0.2, 0) is 11.3 Å². The van der Waals surface area contributed by atoms with Gasteiger partial charge in [-0.15, -0.1) is 12.4 Å². The molecule has 9 heteroatoms. The molecule has 1 amide bonds. The van der Waals surface area contributed by atoms with Crippen LogP contribution < -0.4 is 16.6 Å². The number of nitrogens with two attached hydrogens (primary N) is 1. The molecule has 2 aliphatic rings. The first kappa shape index (κ1) is 19.4. The largest absolute Gasteiger partial charge is 0.351 e. The van der Waals surface area contributed by atoms with Crippen molar-refractivity contribution < 1.29 is 9.72 Å². The lowest BCUT2D eigenvalue weighted by Gasteiger charge is -2.45. The highest BCUT2D eigenvalue weighted by molar-refractivity contribution is 5.85. The van der Waals surface area contributed by atoms with E-state index in [4.69, 9.17) is 5.73 Å². The highest BCUT2D eigenvalue weighted by Crippen LogP contribution is 2.39. The number of carbonyl (C=O) groups is 1. The van der Waals surface area contributed by atoms with E-state index in [2.05, 4.69) is 5.32 Å². The Hall–Kier alpha value is -1.93. The zero-order valence-corrected chi connectivity index (χ0v) is 14.6. The summed E-state index contributed by atoms with van der Waals surface area (Å²) >= 11 is 0. The van der Waals surface area contributed by atoms with Crippen LogP contribution >= 0.6 is 12.4 Å². The van der Waals surface area contributed by atoms with Gasteiger partial charge in [0.15, 0.2) is 0 Å². The van der Waals surface area contributed by atoms with E-state index in [9.17, 15) is 19.7 Å². The van der Waals surface area contributed by atoms with Gasteiger partial charge in [0, 0.05) is 24.2 Å². The van der Waals surface area contributed by atoms with Crippen LogP contribution in [0.4, 0.5) is 5.69 Å². The molecule has 8 nitrogen and oxygen atoms in total. The minimum Gasteiger partial charge on any atom is -0.351 e. The van der Waals surface area contributed by atoms with Crippen LogP contribution in [-0.4, -0.2) is 27.5 Å². The van der Waals surface area contributed by atoms with Gasteiger partial charge < -0.3 is 11.1 Å². The van der Waals surface area contributed by atoms with E-state index in [0.29, 0.717) is 11.8 Å². The van der Waals surface area contributed by atoms with Crippen LogP contribution in [0.3, 0.4) is 0 Å². The fraction of sp³-hybridized carbons (Fsp3) is 0.625. The molecule has 1 aromatic rings. The summed E-state index contributed by atoms with van der Waals surface area (Å²) in [4.78, 5) is 34.4. The Morgan fingerprint density at radius 2 is 1.96 bits per heavy atom. The molecule has 25 heavy (non-hydrogen) atoms. The Morgan fingerprint density at radius 1 is 1.32 bits per heavy atom. The highest BCUT2D eigenvalue weighted by atomic mass is 35.5. The highest BCUT2D eigenvalue weighted by Gasteiger charge is 2.39. The van der Waals surface area contributed by atoms with Crippen molar-refractivity contribution >= 4 is 24.0 Å². The third kappa shape index (κ3) is 4.38. The second-order valence-electron chi connectivity index (χ2n) is 6.89. The fourth-order valence-corrected chi connectivity index (χ4v) is 4.16. The summed E-state index contributed by atoms with van der Waals surface area (Å²) in [7, 11) is 0. The Morgan fingerprint density at radius 3 is 2.56 bits per heavy atom. The van der Waals surface area contributed by atoms with E-state index in [0.717, 1.165) is 48.6 Å². The monoisotopic (exact) mass is 370 g/mol. The van der Waals surface area contributed by atoms with E-state index in [-0.39, 0.29) is 42.6 Å². The summed E-state index contributed by atoms with van der Waals surface area (Å²) in [6.45, 7) is -0.206. The van der Waals surface area contributed by atoms with Gasteiger partial charge >= 0.3 is 0 Å². The first-order valence-corrected chi connectivity index (χ1v) is 8.34. The molecule has 2 saturated carbocycles. The topological polar surface area (TPSA) is 120 Å². The van der Waals surface area contributed by atoms with Crippen molar-refractivity contribution in [2.24, 2.45) is 17.6 Å². The molecule has 3 rings (SSSR count). The maximum absolute atomic E-state index is 12.4. The number of fused-ring (bicyclic) bond motifs is 2. The number of nitro groups is 1. The van der Waals surface area contributed by atoms with E-state index in [1.807, 2.05) is 0 Å². The fourth-order valence-electron chi connectivity index (χ4n) is 4.16. The molecule has 3 N–H and O–H groups in total. The maximum atomic E-state index is 12.4. The third-order valence-electron chi connectivity index (χ3n) is 5.20. The summed E-state index contributed by atoms with van der Waals surface area (Å²) in [6.07, 6.45) is 6.23. The molecule has 2 fully saturated rings. The second kappa shape index (κ2) is 7.97. The maximum Gasteiger partial charge on any atom is 0.285 e. The van der Waals surface area contributed by atoms with Crippen LogP contribution in [0.25, 0.3) is 0 Å². The van der Waals surface area contributed by atoms with Gasteiger partial charge in [0.25, 0.3) is 11.2 Å². The van der Waals surface area contributed by atoms with Crippen molar-refractivity contribution in [1.29, 1.82) is 0 Å². The molecule has 0 aliphatic heterocycles. The van der Waals surface area contributed by atoms with Crippen molar-refractivity contribution in [1.82, 2.24) is 9.88 Å². The van der Waals surface area contributed by atoms with Gasteiger partial charge in [-0.1, -0.05) is 6.42 Å². The lowest BCUT2D eigenvalue weighted by atomic mass is 9.67. The lowest BCUT2D eigenvalue weighted by molar-refractivity contribution is -0.385. The molecule has 0 spiro atoms. The van der Waals surface area contributed by atoms with Gasteiger partial charge in [-0.05, 0) is 37.5 Å². The molecule has 2 bridgehead atoms. The Kier molecular flexibility index (Phi) is 6.18. The quantitative estimate of drug-likeness (QED) is 0.609. The number of hydrogen-bond donors (Lipinski definition) is 2. The number of amides is 1. The molecule has 1 aromatic heterocycles. The van der Waals surface area contributed by atoms with Gasteiger partial charge in [-0.2, -0.15) is 0 Å². The van der Waals surface area contributed by atoms with Crippen LogP contribution in [0, 0.1) is 22.0 Å². The van der Waals surface area contributed by atoms with Crippen LogP contribution in [0.2, 0.25) is 0 Å². The molecule has 1 heterocycles. The minimum absolute atomic E-state index is 0. The third-order valence-corrected chi connectivity index (χ3v) is 5.20. The number of aromatic nitrogens is 1. The molecule has 2 unspecified atom stereocenters. The van der Waals surface area contributed by atoms with E-state index >= 15 is 0 Å². The standard InChI is InChI=1S/C16H22N4O4.ClH/c17-12-6-10-2-1-3-11(7-12)16(10)18-14(21)9-19-8-13(20(23)24)4-5-15(19)22;/h4-5,8,10-12,16H,1-3,6-7,9,17H2,(H,18,21);1H. The molecular weight excluding hydrogens is 348 g/mol. The minimum atomic E-state index is -0.583. The molecule has 2 atom stereocenters. The van der Waals surface area contributed by atoms with Crippen molar-refractivity contribution in [2.45, 2.75) is 50.7 Å². The van der Waals surface area contributed by atoms with Crippen molar-refractivity contribution in [3.8, 4) is 0 Å². The average Bonchev–Trinajstić information content (AvgIpc) is 2.50. The summed E-state index contributed by atoms with van der Waals surface area (Å²) in [5.41, 5.74) is 5.45. The van der Waals surface area contributed by atoms with Crippen LogP contribution in [0.1, 0.15) is 32.1 Å². The Bertz CT molecular complexity index is 694. The van der Waals surface area contributed by atoms with E-state index in [1.165, 1.54) is 6.42 Å². The SMILES string of the molecule is Cl.NC1CC2CCCC(C1)C2NC(=O)Cn1cc([N+](=O)[O-])ccc1=O. The number of pyridine rings is 1. The number of halogens is 1. The molecule has 2 aliphatic carbocycles. The first-order chi connectivity index (χ1) is 11.4. The number of carbonyl (C=O) groups excluding carboxylic acids is 1.